The Kier molecular flexibility index (Phi) is 5.65. The third kappa shape index (κ3) is 4.06. The molecule has 0 aliphatic carbocycles. The molecule has 0 radical (unpaired) electrons. The number of benzene rings is 1. The topological polar surface area (TPSA) is 64.7 Å². The van der Waals surface area contributed by atoms with Gasteiger partial charge in [0.15, 0.2) is 0 Å². The fourth-order valence-electron chi connectivity index (χ4n) is 3.13. The van der Waals surface area contributed by atoms with E-state index >= 15 is 0 Å². The van der Waals surface area contributed by atoms with E-state index in [9.17, 15) is 4.79 Å². The Labute approximate surface area is 164 Å². The molecule has 0 fully saturated rings. The van der Waals surface area contributed by atoms with Crippen molar-refractivity contribution in [3.63, 3.8) is 0 Å². The molecule has 6 nitrogen and oxygen atoms in total. The van der Waals surface area contributed by atoms with E-state index in [2.05, 4.69) is 15.5 Å². The maximum Gasteiger partial charge on any atom is 0.222 e. The monoisotopic (exact) mass is 385 g/mol. The highest BCUT2D eigenvalue weighted by atomic mass is 35.5. The van der Waals surface area contributed by atoms with Crippen LogP contribution in [0.15, 0.2) is 30.3 Å². The number of rotatable bonds is 6. The number of para-hydroxylation sites is 1. The number of carbonyl (C=O) groups is 1. The van der Waals surface area contributed by atoms with Crippen molar-refractivity contribution in [1.82, 2.24) is 24.9 Å². The van der Waals surface area contributed by atoms with Gasteiger partial charge in [0.1, 0.15) is 0 Å². The van der Waals surface area contributed by atoms with Crippen molar-refractivity contribution in [1.29, 1.82) is 0 Å². The van der Waals surface area contributed by atoms with E-state index in [1.165, 1.54) is 0 Å². The zero-order chi connectivity index (χ0) is 19.6. The fraction of sp³-hybridized carbons (Fsp3) is 0.350. The van der Waals surface area contributed by atoms with E-state index in [0.29, 0.717) is 24.5 Å². The Morgan fingerprint density at radius 2 is 1.74 bits per heavy atom. The lowest BCUT2D eigenvalue weighted by Crippen LogP contribution is -2.24. The van der Waals surface area contributed by atoms with Crippen LogP contribution in [-0.2, 0) is 17.9 Å². The molecule has 1 amide bonds. The van der Waals surface area contributed by atoms with E-state index < -0.39 is 0 Å². The zero-order valence-electron chi connectivity index (χ0n) is 16.1. The SMILES string of the molecule is Cc1nn(CCC(=O)NCc2c(C)nn(-c3ccccc3)c2C)c(C)c1Cl. The van der Waals surface area contributed by atoms with Gasteiger partial charge in [-0.15, -0.1) is 0 Å². The average molecular weight is 386 g/mol. The number of aromatic nitrogens is 4. The van der Waals surface area contributed by atoms with Gasteiger partial charge in [-0.2, -0.15) is 10.2 Å². The maximum absolute atomic E-state index is 12.3. The second-order valence-corrected chi connectivity index (χ2v) is 7.01. The second kappa shape index (κ2) is 7.96. The van der Waals surface area contributed by atoms with Crippen LogP contribution >= 0.6 is 11.6 Å². The predicted octanol–water partition coefficient (Wildman–Crippen LogP) is 3.66. The fourth-order valence-corrected chi connectivity index (χ4v) is 3.26. The first-order valence-electron chi connectivity index (χ1n) is 8.95. The second-order valence-electron chi connectivity index (χ2n) is 6.63. The van der Waals surface area contributed by atoms with Gasteiger partial charge in [-0.25, -0.2) is 4.68 Å². The van der Waals surface area contributed by atoms with Crippen molar-refractivity contribution in [3.05, 3.63) is 63.7 Å². The molecule has 2 aromatic heterocycles. The first-order valence-corrected chi connectivity index (χ1v) is 9.33. The van der Waals surface area contributed by atoms with E-state index in [1.54, 1.807) is 4.68 Å². The number of hydrogen-bond acceptors (Lipinski definition) is 3. The summed E-state index contributed by atoms with van der Waals surface area (Å²) in [5.41, 5.74) is 5.68. The highest BCUT2D eigenvalue weighted by Gasteiger charge is 2.14. The molecule has 0 aliphatic rings. The molecule has 0 bridgehead atoms. The number of aryl methyl sites for hydroxylation is 3. The molecule has 27 heavy (non-hydrogen) atoms. The van der Waals surface area contributed by atoms with Crippen molar-refractivity contribution in [3.8, 4) is 5.69 Å². The predicted molar refractivity (Wildman–Crippen MR) is 106 cm³/mol. The molecule has 142 valence electrons. The Hall–Kier alpha value is -2.60. The number of nitrogens with one attached hydrogen (secondary N) is 1. The van der Waals surface area contributed by atoms with E-state index in [-0.39, 0.29) is 5.91 Å². The quantitative estimate of drug-likeness (QED) is 0.704. The minimum absolute atomic E-state index is 0.0232. The summed E-state index contributed by atoms with van der Waals surface area (Å²) < 4.78 is 3.69. The molecular formula is C20H24ClN5O. The van der Waals surface area contributed by atoms with Gasteiger partial charge in [-0.05, 0) is 39.8 Å². The molecule has 1 aromatic carbocycles. The lowest BCUT2D eigenvalue weighted by atomic mass is 10.2. The van der Waals surface area contributed by atoms with Gasteiger partial charge in [0.25, 0.3) is 0 Å². The lowest BCUT2D eigenvalue weighted by molar-refractivity contribution is -0.121. The third-order valence-electron chi connectivity index (χ3n) is 4.75. The zero-order valence-corrected chi connectivity index (χ0v) is 16.8. The Bertz CT molecular complexity index is 959. The van der Waals surface area contributed by atoms with Gasteiger partial charge in [0.05, 0.1) is 34.3 Å². The molecule has 0 atom stereocenters. The van der Waals surface area contributed by atoms with Crippen LogP contribution in [0.5, 0.6) is 0 Å². The van der Waals surface area contributed by atoms with Gasteiger partial charge in [-0.3, -0.25) is 9.48 Å². The Morgan fingerprint density at radius 1 is 1.04 bits per heavy atom. The summed E-state index contributed by atoms with van der Waals surface area (Å²) in [6, 6.07) is 9.98. The van der Waals surface area contributed by atoms with Crippen LogP contribution in [-0.4, -0.2) is 25.5 Å². The van der Waals surface area contributed by atoms with Crippen molar-refractivity contribution >= 4 is 17.5 Å². The number of carbonyl (C=O) groups excluding carboxylic acids is 1. The van der Waals surface area contributed by atoms with E-state index in [4.69, 9.17) is 11.6 Å². The van der Waals surface area contributed by atoms with Gasteiger partial charge in [-0.1, -0.05) is 29.8 Å². The van der Waals surface area contributed by atoms with Gasteiger partial charge in [0.2, 0.25) is 5.91 Å². The molecule has 2 heterocycles. The largest absolute Gasteiger partial charge is 0.352 e. The molecular weight excluding hydrogens is 362 g/mol. The molecule has 3 aromatic rings. The first-order chi connectivity index (χ1) is 12.9. The highest BCUT2D eigenvalue weighted by molar-refractivity contribution is 6.31. The summed E-state index contributed by atoms with van der Waals surface area (Å²) in [7, 11) is 0. The molecule has 1 N–H and O–H groups in total. The van der Waals surface area contributed by atoms with Crippen molar-refractivity contribution in [2.45, 2.75) is 47.2 Å². The molecule has 3 rings (SSSR count). The number of halogens is 1. The molecule has 0 saturated heterocycles. The molecule has 7 heteroatoms. The van der Waals surface area contributed by atoms with Crippen LogP contribution in [0.4, 0.5) is 0 Å². The first kappa shape index (κ1) is 19.2. The summed E-state index contributed by atoms with van der Waals surface area (Å²) in [6.45, 7) is 8.72. The average Bonchev–Trinajstić information content (AvgIpc) is 3.09. The van der Waals surface area contributed by atoms with Crippen molar-refractivity contribution < 1.29 is 4.79 Å². The van der Waals surface area contributed by atoms with Crippen LogP contribution in [0.25, 0.3) is 5.69 Å². The van der Waals surface area contributed by atoms with Gasteiger partial charge < -0.3 is 5.32 Å². The molecule has 0 spiro atoms. The number of amides is 1. The smallest absolute Gasteiger partial charge is 0.222 e. The summed E-state index contributed by atoms with van der Waals surface area (Å²) in [6.07, 6.45) is 0.350. The summed E-state index contributed by atoms with van der Waals surface area (Å²) in [4.78, 5) is 12.3. The third-order valence-corrected chi connectivity index (χ3v) is 5.30. The lowest BCUT2D eigenvalue weighted by Gasteiger charge is -2.08. The summed E-state index contributed by atoms with van der Waals surface area (Å²) in [5, 5.41) is 12.6. The highest BCUT2D eigenvalue weighted by Crippen LogP contribution is 2.19. The van der Waals surface area contributed by atoms with E-state index in [0.717, 1.165) is 34.0 Å². The number of nitrogens with zero attached hydrogens (tertiary/aromatic N) is 4. The van der Waals surface area contributed by atoms with Crippen LogP contribution in [0, 0.1) is 27.7 Å². The standard InChI is InChI=1S/C20H24ClN5O/c1-13-18(15(3)26(24-13)17-8-6-5-7-9-17)12-22-19(27)10-11-25-16(4)20(21)14(2)23-25/h5-9H,10-12H2,1-4H3,(H,22,27). The molecule has 0 saturated carbocycles. The maximum atomic E-state index is 12.3. The minimum atomic E-state index is -0.0232. The normalized spacial score (nSPS) is 11.0. The minimum Gasteiger partial charge on any atom is -0.352 e. The Balaban J connectivity index is 1.62. The summed E-state index contributed by atoms with van der Waals surface area (Å²) in [5.74, 6) is -0.0232. The summed E-state index contributed by atoms with van der Waals surface area (Å²) >= 11 is 6.15. The van der Waals surface area contributed by atoms with E-state index in [1.807, 2.05) is 62.7 Å². The number of hydrogen-bond donors (Lipinski definition) is 1. The van der Waals surface area contributed by atoms with Crippen molar-refractivity contribution in [2.24, 2.45) is 0 Å². The van der Waals surface area contributed by atoms with Crippen LogP contribution in [0.3, 0.4) is 0 Å². The van der Waals surface area contributed by atoms with Crippen LogP contribution < -0.4 is 5.32 Å². The van der Waals surface area contributed by atoms with Gasteiger partial charge >= 0.3 is 0 Å². The Morgan fingerprint density at radius 3 is 2.37 bits per heavy atom. The van der Waals surface area contributed by atoms with Crippen molar-refractivity contribution in [2.75, 3.05) is 0 Å². The molecule has 0 unspecified atom stereocenters. The van der Waals surface area contributed by atoms with Gasteiger partial charge in [0, 0.05) is 24.2 Å². The van der Waals surface area contributed by atoms with Crippen LogP contribution in [0.1, 0.15) is 34.8 Å². The molecule has 0 aliphatic heterocycles. The van der Waals surface area contributed by atoms with Crippen LogP contribution in [0.2, 0.25) is 5.02 Å².